The molecule has 0 spiro atoms. The molecule has 0 bridgehead atoms. The average Bonchev–Trinajstić information content (AvgIpc) is 3.65. The van der Waals surface area contributed by atoms with Crippen molar-refractivity contribution in [3.63, 3.8) is 0 Å². The van der Waals surface area contributed by atoms with Gasteiger partial charge >= 0.3 is 5.69 Å². The van der Waals surface area contributed by atoms with Gasteiger partial charge in [0.05, 0.1) is 24.2 Å². The standard InChI is InChI=1S/C24H26FN3O5S/c1-2-22(18-4-3-5-19(12-18)33-15-17-6-7-17)27-34(31,32)20-10-8-16(9-11-20)13-28-14-21(25)23(29)26-24(28)30/h3-5,8-12,14,17,22,27H,2,6-7,13,15H2,1H3,(H,26,29,30)/t22-/m1/s1. The van der Waals surface area contributed by atoms with Crippen LogP contribution >= 0.6 is 0 Å². The summed E-state index contributed by atoms with van der Waals surface area (Å²) in [5.74, 6) is 0.268. The van der Waals surface area contributed by atoms with Crippen LogP contribution in [-0.4, -0.2) is 24.6 Å². The molecule has 34 heavy (non-hydrogen) atoms. The lowest BCUT2D eigenvalue weighted by molar-refractivity contribution is 0.299. The van der Waals surface area contributed by atoms with Crippen LogP contribution in [0.2, 0.25) is 0 Å². The monoisotopic (exact) mass is 487 g/mol. The highest BCUT2D eigenvalue weighted by atomic mass is 32.2. The number of nitrogens with one attached hydrogen (secondary N) is 2. The zero-order chi connectivity index (χ0) is 24.3. The number of sulfonamides is 1. The van der Waals surface area contributed by atoms with Gasteiger partial charge in [-0.3, -0.25) is 14.3 Å². The van der Waals surface area contributed by atoms with E-state index in [1.54, 1.807) is 0 Å². The van der Waals surface area contributed by atoms with Gasteiger partial charge in [0.15, 0.2) is 0 Å². The van der Waals surface area contributed by atoms with Crippen LogP contribution in [0.3, 0.4) is 0 Å². The summed E-state index contributed by atoms with van der Waals surface area (Å²) in [4.78, 5) is 25.0. The fourth-order valence-corrected chi connectivity index (χ4v) is 4.84. The Labute approximate surface area is 196 Å². The van der Waals surface area contributed by atoms with Crippen LogP contribution in [0, 0.1) is 11.7 Å². The van der Waals surface area contributed by atoms with E-state index in [1.165, 1.54) is 37.1 Å². The van der Waals surface area contributed by atoms with E-state index in [9.17, 15) is 22.4 Å². The maximum absolute atomic E-state index is 13.5. The van der Waals surface area contributed by atoms with Gasteiger partial charge in [-0.1, -0.05) is 31.2 Å². The second kappa shape index (κ2) is 9.94. The van der Waals surface area contributed by atoms with E-state index < -0.39 is 33.1 Å². The van der Waals surface area contributed by atoms with E-state index in [4.69, 9.17) is 4.74 Å². The minimum Gasteiger partial charge on any atom is -0.493 e. The van der Waals surface area contributed by atoms with E-state index in [2.05, 4.69) is 4.72 Å². The number of benzene rings is 2. The molecule has 0 aliphatic heterocycles. The number of rotatable bonds is 10. The Morgan fingerprint density at radius 1 is 1.18 bits per heavy atom. The van der Waals surface area contributed by atoms with Gasteiger partial charge in [0, 0.05) is 6.04 Å². The van der Waals surface area contributed by atoms with Crippen LogP contribution in [0.15, 0.2) is 69.2 Å². The predicted molar refractivity (Wildman–Crippen MR) is 125 cm³/mol. The molecule has 1 aromatic heterocycles. The van der Waals surface area contributed by atoms with Crippen molar-refractivity contribution in [3.05, 3.63) is 92.5 Å². The van der Waals surface area contributed by atoms with Crippen molar-refractivity contribution >= 4 is 10.0 Å². The Hall–Kier alpha value is -3.24. The highest BCUT2D eigenvalue weighted by Crippen LogP contribution is 2.30. The first-order valence-corrected chi connectivity index (χ1v) is 12.6. The normalized spacial score (nSPS) is 14.6. The molecule has 1 saturated carbocycles. The van der Waals surface area contributed by atoms with Crippen LogP contribution in [0.4, 0.5) is 4.39 Å². The van der Waals surface area contributed by atoms with E-state index in [-0.39, 0.29) is 11.4 Å². The molecule has 0 saturated heterocycles. The van der Waals surface area contributed by atoms with Gasteiger partial charge in [-0.2, -0.15) is 4.39 Å². The quantitative estimate of drug-likeness (QED) is 0.457. The molecule has 0 unspecified atom stereocenters. The van der Waals surface area contributed by atoms with Crippen molar-refractivity contribution in [3.8, 4) is 5.75 Å². The van der Waals surface area contributed by atoms with Crippen molar-refractivity contribution in [2.24, 2.45) is 5.92 Å². The largest absolute Gasteiger partial charge is 0.493 e. The molecule has 0 radical (unpaired) electrons. The molecule has 4 rings (SSSR count). The molecule has 1 atom stereocenters. The smallest absolute Gasteiger partial charge is 0.328 e. The summed E-state index contributed by atoms with van der Waals surface area (Å²) in [5, 5.41) is 0. The zero-order valence-electron chi connectivity index (χ0n) is 18.7. The fraction of sp³-hybridized carbons (Fsp3) is 0.333. The first kappa shape index (κ1) is 23.9. The van der Waals surface area contributed by atoms with Gasteiger partial charge < -0.3 is 4.74 Å². The first-order valence-electron chi connectivity index (χ1n) is 11.1. The van der Waals surface area contributed by atoms with Crippen LogP contribution in [-0.2, 0) is 16.6 Å². The van der Waals surface area contributed by atoms with Gasteiger partial charge in [-0.25, -0.2) is 17.9 Å². The van der Waals surface area contributed by atoms with Crippen molar-refractivity contribution in [2.45, 2.75) is 43.7 Å². The molecule has 0 amide bonds. The van der Waals surface area contributed by atoms with Gasteiger partial charge in [0.25, 0.3) is 5.56 Å². The van der Waals surface area contributed by atoms with Crippen molar-refractivity contribution in [1.82, 2.24) is 14.3 Å². The van der Waals surface area contributed by atoms with E-state index in [0.717, 1.165) is 22.1 Å². The van der Waals surface area contributed by atoms with Crippen LogP contribution in [0.5, 0.6) is 5.75 Å². The third-order valence-corrected chi connectivity index (χ3v) is 7.19. The van der Waals surface area contributed by atoms with E-state index >= 15 is 0 Å². The number of hydrogen-bond donors (Lipinski definition) is 2. The summed E-state index contributed by atoms with van der Waals surface area (Å²) < 4.78 is 49.1. The molecule has 8 nitrogen and oxygen atoms in total. The molecule has 1 aliphatic rings. The predicted octanol–water partition coefficient (Wildman–Crippen LogP) is 2.94. The second-order valence-electron chi connectivity index (χ2n) is 8.42. The number of hydrogen-bond acceptors (Lipinski definition) is 5. The zero-order valence-corrected chi connectivity index (χ0v) is 19.5. The summed E-state index contributed by atoms with van der Waals surface area (Å²) >= 11 is 0. The number of ether oxygens (including phenoxy) is 1. The molecule has 1 fully saturated rings. The number of H-pyrrole nitrogens is 1. The molecule has 180 valence electrons. The minimum atomic E-state index is -3.83. The molecule has 1 aliphatic carbocycles. The van der Waals surface area contributed by atoms with Gasteiger partial charge in [-0.05, 0) is 60.6 Å². The average molecular weight is 488 g/mol. The Balaban J connectivity index is 1.47. The van der Waals surface area contributed by atoms with Crippen LogP contribution in [0.25, 0.3) is 0 Å². The van der Waals surface area contributed by atoms with Crippen LogP contribution in [0.1, 0.15) is 43.4 Å². The van der Waals surface area contributed by atoms with E-state index in [0.29, 0.717) is 24.5 Å². The van der Waals surface area contributed by atoms with Gasteiger partial charge in [0.2, 0.25) is 15.8 Å². The lowest BCUT2D eigenvalue weighted by Crippen LogP contribution is -2.31. The van der Waals surface area contributed by atoms with Crippen LogP contribution < -0.4 is 20.7 Å². The van der Waals surface area contributed by atoms with Crippen molar-refractivity contribution in [1.29, 1.82) is 0 Å². The Morgan fingerprint density at radius 3 is 2.59 bits per heavy atom. The molecular formula is C24H26FN3O5S. The maximum atomic E-state index is 13.5. The summed E-state index contributed by atoms with van der Waals surface area (Å²) in [5.41, 5.74) is -0.450. The maximum Gasteiger partial charge on any atom is 0.328 e. The Kier molecular flexibility index (Phi) is 6.99. The summed E-state index contributed by atoms with van der Waals surface area (Å²) in [7, 11) is -3.83. The SMILES string of the molecule is CC[C@@H](NS(=O)(=O)c1ccc(Cn2cc(F)c(=O)[nH]c2=O)cc1)c1cccc(OCC2CC2)c1. The topological polar surface area (TPSA) is 110 Å². The summed E-state index contributed by atoms with van der Waals surface area (Å²) in [6, 6.07) is 12.9. The van der Waals surface area contributed by atoms with Crippen molar-refractivity contribution < 1.29 is 17.5 Å². The van der Waals surface area contributed by atoms with Gasteiger partial charge in [0.1, 0.15) is 5.75 Å². The number of halogens is 1. The summed E-state index contributed by atoms with van der Waals surface area (Å²) in [6.45, 7) is 2.55. The number of aromatic amines is 1. The highest BCUT2D eigenvalue weighted by molar-refractivity contribution is 7.89. The highest BCUT2D eigenvalue weighted by Gasteiger charge is 2.23. The minimum absolute atomic E-state index is 0.0223. The van der Waals surface area contributed by atoms with Gasteiger partial charge in [-0.15, -0.1) is 0 Å². The molecule has 3 aromatic rings. The first-order chi connectivity index (χ1) is 16.2. The second-order valence-corrected chi connectivity index (χ2v) is 10.1. The Bertz CT molecular complexity index is 1380. The third kappa shape index (κ3) is 5.81. The lowest BCUT2D eigenvalue weighted by atomic mass is 10.1. The number of aromatic nitrogens is 2. The lowest BCUT2D eigenvalue weighted by Gasteiger charge is -2.19. The molecule has 2 aromatic carbocycles. The Morgan fingerprint density at radius 2 is 1.91 bits per heavy atom. The molecular weight excluding hydrogens is 461 g/mol. The molecule has 10 heteroatoms. The van der Waals surface area contributed by atoms with Crippen molar-refractivity contribution in [2.75, 3.05) is 6.61 Å². The fourth-order valence-electron chi connectivity index (χ4n) is 3.53. The molecule has 1 heterocycles. The third-order valence-electron chi connectivity index (χ3n) is 5.70. The van der Waals surface area contributed by atoms with E-state index in [1.807, 2.05) is 36.2 Å². The number of nitrogens with zero attached hydrogens (tertiary/aromatic N) is 1. The molecule has 2 N–H and O–H groups in total. The summed E-state index contributed by atoms with van der Waals surface area (Å²) in [6.07, 6.45) is 3.74.